The summed E-state index contributed by atoms with van der Waals surface area (Å²) in [6.07, 6.45) is 0.524. The third-order valence-electron chi connectivity index (χ3n) is 1.67. The molecule has 0 aliphatic carbocycles. The third kappa shape index (κ3) is 3.89. The maximum absolute atomic E-state index is 11.1. The van der Waals surface area contributed by atoms with Crippen LogP contribution in [0.15, 0.2) is 5.18 Å². The van der Waals surface area contributed by atoms with E-state index < -0.39 is 17.7 Å². The van der Waals surface area contributed by atoms with Gasteiger partial charge in [0.1, 0.15) is 0 Å². The molecular weight excluding hydrogens is 172 g/mol. The number of nitrogens with zero attached hydrogens (tertiary/aromatic N) is 1. The van der Waals surface area contributed by atoms with E-state index in [-0.39, 0.29) is 5.92 Å². The first-order chi connectivity index (χ1) is 6.02. The lowest BCUT2D eigenvalue weighted by atomic mass is 10.0. The van der Waals surface area contributed by atoms with Gasteiger partial charge in [-0.25, -0.2) is 0 Å². The molecule has 0 spiro atoms. The zero-order chi connectivity index (χ0) is 10.4. The summed E-state index contributed by atoms with van der Waals surface area (Å²) in [6.45, 7) is 3.85. The molecule has 0 radical (unpaired) electrons. The van der Waals surface area contributed by atoms with Crippen molar-refractivity contribution in [2.45, 2.75) is 26.3 Å². The van der Waals surface area contributed by atoms with Crippen LogP contribution in [0.4, 0.5) is 0 Å². The van der Waals surface area contributed by atoms with Crippen LogP contribution in [0.5, 0.6) is 0 Å². The molecule has 0 bridgehead atoms. The average Bonchev–Trinajstić information content (AvgIpc) is 2.11. The van der Waals surface area contributed by atoms with Crippen LogP contribution in [0, 0.1) is 10.8 Å². The van der Waals surface area contributed by atoms with Gasteiger partial charge in [-0.3, -0.25) is 9.59 Å². The summed E-state index contributed by atoms with van der Waals surface area (Å²) in [5, 5.41) is 4.77. The Kier molecular flexibility index (Phi) is 5.06. The van der Waals surface area contributed by atoms with Crippen molar-refractivity contribution in [2.75, 3.05) is 7.05 Å². The first-order valence-electron chi connectivity index (χ1n) is 4.11. The number of ketones is 1. The monoisotopic (exact) mass is 186 g/mol. The van der Waals surface area contributed by atoms with Crippen LogP contribution < -0.4 is 5.32 Å². The summed E-state index contributed by atoms with van der Waals surface area (Å²) in [6, 6.07) is -0.592. The lowest BCUT2D eigenvalue weighted by Crippen LogP contribution is -2.38. The molecule has 1 amide bonds. The fraction of sp³-hybridized carbons (Fsp3) is 0.750. The highest BCUT2D eigenvalue weighted by Gasteiger charge is 2.24. The van der Waals surface area contributed by atoms with Crippen molar-refractivity contribution in [3.05, 3.63) is 4.91 Å². The van der Waals surface area contributed by atoms with Gasteiger partial charge >= 0.3 is 5.91 Å². The van der Waals surface area contributed by atoms with Gasteiger partial charge in [0.15, 0.2) is 0 Å². The van der Waals surface area contributed by atoms with Crippen LogP contribution in [-0.2, 0) is 9.59 Å². The quantitative estimate of drug-likeness (QED) is 0.500. The molecule has 5 nitrogen and oxygen atoms in total. The van der Waals surface area contributed by atoms with E-state index in [1.165, 1.54) is 0 Å². The summed E-state index contributed by atoms with van der Waals surface area (Å²) in [7, 11) is 1.57. The first kappa shape index (κ1) is 11.9. The van der Waals surface area contributed by atoms with E-state index in [1.807, 2.05) is 13.8 Å². The van der Waals surface area contributed by atoms with Crippen LogP contribution in [-0.4, -0.2) is 24.8 Å². The molecule has 74 valence electrons. The Labute approximate surface area is 76.9 Å². The second kappa shape index (κ2) is 5.53. The minimum atomic E-state index is -1.21. The van der Waals surface area contributed by atoms with Gasteiger partial charge in [-0.2, -0.15) is 0 Å². The summed E-state index contributed by atoms with van der Waals surface area (Å²) in [4.78, 5) is 31.6. The highest BCUT2D eigenvalue weighted by Crippen LogP contribution is 2.05. The van der Waals surface area contributed by atoms with Crippen molar-refractivity contribution < 1.29 is 9.59 Å². The van der Waals surface area contributed by atoms with E-state index in [2.05, 4.69) is 10.5 Å². The van der Waals surface area contributed by atoms with E-state index >= 15 is 0 Å². The Hall–Kier alpha value is -1.10. The summed E-state index contributed by atoms with van der Waals surface area (Å²) in [5.74, 6) is -1.69. The molecule has 1 atom stereocenters. The van der Waals surface area contributed by atoms with E-state index in [0.717, 1.165) is 0 Å². The van der Waals surface area contributed by atoms with Gasteiger partial charge in [0, 0.05) is 5.18 Å². The maximum atomic E-state index is 11.1. The number of rotatable bonds is 5. The SMILES string of the molecule is CNC(CC(C)C)C(=O)C(=O)N=O. The molecule has 0 aliphatic rings. The van der Waals surface area contributed by atoms with Crippen LogP contribution >= 0.6 is 0 Å². The van der Waals surface area contributed by atoms with Crippen LogP contribution in [0.3, 0.4) is 0 Å². The predicted molar refractivity (Wildman–Crippen MR) is 48.1 cm³/mol. The van der Waals surface area contributed by atoms with Crippen molar-refractivity contribution in [3.8, 4) is 0 Å². The van der Waals surface area contributed by atoms with Crippen molar-refractivity contribution in [1.82, 2.24) is 5.32 Å². The number of Topliss-reactive ketones (excluding diaryl/α,β-unsaturated/α-hetero) is 1. The Bertz CT molecular complexity index is 213. The molecule has 0 rings (SSSR count). The predicted octanol–water partition coefficient (Wildman–Crippen LogP) is 0.483. The molecule has 0 saturated heterocycles. The van der Waals surface area contributed by atoms with Gasteiger partial charge in [-0.05, 0) is 19.4 Å². The highest BCUT2D eigenvalue weighted by molar-refractivity contribution is 6.38. The number of nitroso groups, excluding NO2 is 1. The smallest absolute Gasteiger partial charge is 0.310 e. The van der Waals surface area contributed by atoms with Crippen LogP contribution in [0.2, 0.25) is 0 Å². The molecule has 0 aromatic rings. The number of carbonyl (C=O) groups is 2. The molecule has 0 saturated carbocycles. The normalized spacial score (nSPS) is 12.6. The summed E-state index contributed by atoms with van der Waals surface area (Å²) in [5.41, 5.74) is 0. The molecule has 0 fully saturated rings. The van der Waals surface area contributed by atoms with E-state index in [1.54, 1.807) is 7.05 Å². The van der Waals surface area contributed by atoms with Gasteiger partial charge < -0.3 is 5.32 Å². The van der Waals surface area contributed by atoms with Gasteiger partial charge in [-0.15, -0.1) is 4.91 Å². The Morgan fingerprint density at radius 3 is 2.23 bits per heavy atom. The van der Waals surface area contributed by atoms with Crippen LogP contribution in [0.25, 0.3) is 0 Å². The lowest BCUT2D eigenvalue weighted by Gasteiger charge is -2.14. The van der Waals surface area contributed by atoms with Crippen molar-refractivity contribution in [1.29, 1.82) is 0 Å². The van der Waals surface area contributed by atoms with E-state index in [0.29, 0.717) is 6.42 Å². The lowest BCUT2D eigenvalue weighted by molar-refractivity contribution is -0.137. The minimum absolute atomic E-state index is 0.279. The van der Waals surface area contributed by atoms with Gasteiger partial charge in [0.05, 0.1) is 6.04 Å². The van der Waals surface area contributed by atoms with E-state index in [4.69, 9.17) is 0 Å². The van der Waals surface area contributed by atoms with Gasteiger partial charge in [-0.1, -0.05) is 13.8 Å². The maximum Gasteiger partial charge on any atom is 0.353 e. The molecule has 0 heterocycles. The fourth-order valence-corrected chi connectivity index (χ4v) is 1.02. The van der Waals surface area contributed by atoms with Gasteiger partial charge in [0.25, 0.3) is 0 Å². The topological polar surface area (TPSA) is 75.6 Å². The molecule has 1 N–H and O–H groups in total. The first-order valence-corrected chi connectivity index (χ1v) is 4.11. The zero-order valence-corrected chi connectivity index (χ0v) is 8.03. The van der Waals surface area contributed by atoms with E-state index in [9.17, 15) is 14.5 Å². The summed E-state index contributed by atoms with van der Waals surface area (Å²) < 4.78 is 0. The second-order valence-electron chi connectivity index (χ2n) is 3.23. The number of hydrogen-bond donors (Lipinski definition) is 1. The fourth-order valence-electron chi connectivity index (χ4n) is 1.02. The van der Waals surface area contributed by atoms with Crippen LogP contribution in [0.1, 0.15) is 20.3 Å². The molecule has 0 aromatic heterocycles. The Morgan fingerprint density at radius 2 is 1.92 bits per heavy atom. The number of carbonyl (C=O) groups excluding carboxylic acids is 2. The number of likely N-dealkylation sites (N-methyl/N-ethyl adjacent to an activating group) is 1. The Morgan fingerprint density at radius 1 is 1.38 bits per heavy atom. The van der Waals surface area contributed by atoms with Crippen molar-refractivity contribution in [3.63, 3.8) is 0 Å². The van der Waals surface area contributed by atoms with Gasteiger partial charge in [0.2, 0.25) is 5.78 Å². The molecule has 0 aliphatic heterocycles. The average molecular weight is 186 g/mol. The zero-order valence-electron chi connectivity index (χ0n) is 8.03. The largest absolute Gasteiger partial charge is 0.353 e. The number of amides is 1. The third-order valence-corrected chi connectivity index (χ3v) is 1.67. The Balaban J connectivity index is 4.31. The number of hydrogen-bond acceptors (Lipinski definition) is 4. The van der Waals surface area contributed by atoms with Crippen molar-refractivity contribution in [2.24, 2.45) is 11.1 Å². The highest BCUT2D eigenvalue weighted by atomic mass is 16.3. The molecule has 13 heavy (non-hydrogen) atoms. The minimum Gasteiger partial charge on any atom is -0.310 e. The summed E-state index contributed by atoms with van der Waals surface area (Å²) >= 11 is 0. The molecule has 5 heteroatoms. The number of nitrogens with one attached hydrogen (secondary N) is 1. The molecular formula is C8H14N2O3. The van der Waals surface area contributed by atoms with Crippen molar-refractivity contribution >= 4 is 11.7 Å². The second-order valence-corrected chi connectivity index (χ2v) is 3.23. The molecule has 1 unspecified atom stereocenters. The standard InChI is InChI=1S/C8H14N2O3/c1-5(2)4-6(9-3)7(11)8(12)10-13/h5-6,9H,4H2,1-3H3. The molecule has 0 aromatic carbocycles.